The molecular formula is C27H34N6O10. The highest BCUT2D eigenvalue weighted by molar-refractivity contribution is 6.27. The van der Waals surface area contributed by atoms with Crippen molar-refractivity contribution in [3.8, 4) is 0 Å². The lowest BCUT2D eigenvalue weighted by molar-refractivity contribution is -0.385. The van der Waals surface area contributed by atoms with Gasteiger partial charge in [-0.05, 0) is 37.4 Å². The second-order valence-corrected chi connectivity index (χ2v) is 9.31. The summed E-state index contributed by atoms with van der Waals surface area (Å²) in [5, 5.41) is 36.6. The smallest absolute Gasteiger partial charge is 0.414 e. The topological polar surface area (TPSA) is 208 Å². The number of piperazine rings is 1. The van der Waals surface area contributed by atoms with Gasteiger partial charge in [0.1, 0.15) is 6.54 Å². The summed E-state index contributed by atoms with van der Waals surface area (Å²) in [4.78, 5) is 72.9. The summed E-state index contributed by atoms with van der Waals surface area (Å²) in [6.45, 7) is 8.62. The van der Waals surface area contributed by atoms with E-state index >= 15 is 0 Å². The van der Waals surface area contributed by atoms with Crippen LogP contribution in [0.2, 0.25) is 0 Å². The van der Waals surface area contributed by atoms with Gasteiger partial charge in [0.05, 0.1) is 9.85 Å². The van der Waals surface area contributed by atoms with E-state index in [1.807, 2.05) is 13.8 Å². The maximum atomic E-state index is 13.3. The summed E-state index contributed by atoms with van der Waals surface area (Å²) in [6.07, 6.45) is 0. The summed E-state index contributed by atoms with van der Waals surface area (Å²) in [5.41, 5.74) is 1.07. The van der Waals surface area contributed by atoms with Gasteiger partial charge in [-0.1, -0.05) is 13.8 Å². The second kappa shape index (κ2) is 16.4. The number of likely N-dealkylation sites (N-methyl/N-ethyl adjacent to an activating group) is 1. The number of rotatable bonds is 11. The Kier molecular flexibility index (Phi) is 13.0. The number of carbonyl (C=O) groups excluding carboxylic acids is 2. The molecule has 2 aromatic carbocycles. The number of carbonyl (C=O) groups is 4. The number of aliphatic carboxylic acids is 2. The van der Waals surface area contributed by atoms with E-state index in [9.17, 15) is 29.8 Å². The van der Waals surface area contributed by atoms with E-state index in [1.165, 1.54) is 41.3 Å². The molecule has 2 amide bonds. The normalized spacial score (nSPS) is 12.6. The number of nitro groups is 2. The van der Waals surface area contributed by atoms with Crippen LogP contribution in [-0.4, -0.2) is 117 Å². The van der Waals surface area contributed by atoms with Gasteiger partial charge in [0.25, 0.3) is 17.3 Å². The third-order valence-electron chi connectivity index (χ3n) is 6.76. The molecule has 0 radical (unpaired) electrons. The molecule has 1 aliphatic heterocycles. The van der Waals surface area contributed by atoms with Gasteiger partial charge < -0.3 is 29.8 Å². The second-order valence-electron chi connectivity index (χ2n) is 9.31. The van der Waals surface area contributed by atoms with Crippen molar-refractivity contribution >= 4 is 40.8 Å². The molecule has 2 aromatic rings. The molecule has 0 aliphatic carbocycles. The van der Waals surface area contributed by atoms with Crippen LogP contribution in [0.4, 0.5) is 17.1 Å². The number of hydrogen-bond donors (Lipinski definition) is 2. The number of amides is 2. The van der Waals surface area contributed by atoms with E-state index in [0.717, 1.165) is 18.8 Å². The summed E-state index contributed by atoms with van der Waals surface area (Å²) in [6, 6.07) is 11.7. The van der Waals surface area contributed by atoms with Gasteiger partial charge in [-0.15, -0.1) is 0 Å². The van der Waals surface area contributed by atoms with Crippen molar-refractivity contribution in [2.24, 2.45) is 0 Å². The zero-order chi connectivity index (χ0) is 32.1. The van der Waals surface area contributed by atoms with Crippen molar-refractivity contribution in [1.29, 1.82) is 0 Å². The fourth-order valence-corrected chi connectivity index (χ4v) is 4.23. The van der Waals surface area contributed by atoms with E-state index < -0.39 is 21.8 Å². The minimum atomic E-state index is -1.82. The van der Waals surface area contributed by atoms with Crippen molar-refractivity contribution in [2.75, 3.05) is 63.8 Å². The van der Waals surface area contributed by atoms with Gasteiger partial charge in [0.2, 0.25) is 5.91 Å². The van der Waals surface area contributed by atoms with Crippen molar-refractivity contribution in [3.63, 3.8) is 0 Å². The van der Waals surface area contributed by atoms with Crippen molar-refractivity contribution < 1.29 is 39.2 Å². The molecule has 2 N–H and O–H groups in total. The quantitative estimate of drug-likeness (QED) is 0.214. The van der Waals surface area contributed by atoms with Crippen LogP contribution in [0, 0.1) is 20.2 Å². The first-order chi connectivity index (χ1) is 20.4. The Balaban J connectivity index is 0.000000973. The standard InChI is InChI=1S/C25H32N6O6.C2H2O4/c1-3-26(4-2)13-14-29(25(33)20-5-7-22(8-6-20)30(34)35)19-24(32)28-17-15-27(16-18-28)21-9-11-23(12-10-21)31(36)37;3-1(4)2(5)6/h5-12H,3-4,13-19H2,1-2H3;(H,3,4)(H,5,6). The van der Waals surface area contributed by atoms with E-state index in [2.05, 4.69) is 9.80 Å². The highest BCUT2D eigenvalue weighted by Gasteiger charge is 2.26. The van der Waals surface area contributed by atoms with Crippen LogP contribution in [0.5, 0.6) is 0 Å². The zero-order valence-electron chi connectivity index (χ0n) is 23.8. The minimum absolute atomic E-state index is 0.0278. The third kappa shape index (κ3) is 10.3. The van der Waals surface area contributed by atoms with E-state index in [0.29, 0.717) is 44.8 Å². The van der Waals surface area contributed by atoms with Crippen molar-refractivity contribution in [2.45, 2.75) is 13.8 Å². The molecule has 0 unspecified atom stereocenters. The number of carboxylic acids is 2. The van der Waals surface area contributed by atoms with Crippen LogP contribution in [0.3, 0.4) is 0 Å². The van der Waals surface area contributed by atoms with Crippen molar-refractivity contribution in [1.82, 2.24) is 14.7 Å². The van der Waals surface area contributed by atoms with E-state index in [1.54, 1.807) is 17.0 Å². The molecular weight excluding hydrogens is 568 g/mol. The molecule has 0 aromatic heterocycles. The van der Waals surface area contributed by atoms with Crippen LogP contribution < -0.4 is 4.90 Å². The van der Waals surface area contributed by atoms with Crippen LogP contribution in [0.1, 0.15) is 24.2 Å². The lowest BCUT2D eigenvalue weighted by Crippen LogP contribution is -2.52. The molecule has 1 saturated heterocycles. The molecule has 0 bridgehead atoms. The van der Waals surface area contributed by atoms with Crippen molar-refractivity contribution in [3.05, 3.63) is 74.3 Å². The molecule has 0 saturated carbocycles. The maximum Gasteiger partial charge on any atom is 0.414 e. The largest absolute Gasteiger partial charge is 0.473 e. The first kappa shape index (κ1) is 34.1. The molecule has 1 aliphatic rings. The SMILES string of the molecule is CCN(CC)CCN(CC(=O)N1CCN(c2ccc([N+](=O)[O-])cc2)CC1)C(=O)c1ccc([N+](=O)[O-])cc1.O=C(O)C(=O)O. The summed E-state index contributed by atoms with van der Waals surface area (Å²) < 4.78 is 0. The molecule has 0 atom stereocenters. The number of hydrogen-bond acceptors (Lipinski definition) is 10. The Morgan fingerprint density at radius 3 is 1.65 bits per heavy atom. The molecule has 16 nitrogen and oxygen atoms in total. The number of non-ortho nitro benzene ring substituents is 2. The fourth-order valence-electron chi connectivity index (χ4n) is 4.23. The first-order valence-electron chi connectivity index (χ1n) is 13.4. The average Bonchev–Trinajstić information content (AvgIpc) is 3.00. The molecule has 1 fully saturated rings. The van der Waals surface area contributed by atoms with Gasteiger partial charge in [-0.3, -0.25) is 29.8 Å². The zero-order valence-corrected chi connectivity index (χ0v) is 23.8. The van der Waals surface area contributed by atoms with Gasteiger partial charge >= 0.3 is 11.9 Å². The number of benzene rings is 2. The summed E-state index contributed by atoms with van der Waals surface area (Å²) >= 11 is 0. The molecule has 1 heterocycles. The Labute approximate surface area is 247 Å². The fraction of sp³-hybridized carbons (Fsp3) is 0.407. The molecule has 3 rings (SSSR count). The lowest BCUT2D eigenvalue weighted by atomic mass is 10.1. The predicted octanol–water partition coefficient (Wildman–Crippen LogP) is 1.79. The third-order valence-corrected chi connectivity index (χ3v) is 6.76. The lowest BCUT2D eigenvalue weighted by Gasteiger charge is -2.37. The summed E-state index contributed by atoms with van der Waals surface area (Å²) in [7, 11) is 0. The van der Waals surface area contributed by atoms with Crippen LogP contribution >= 0.6 is 0 Å². The van der Waals surface area contributed by atoms with E-state index in [4.69, 9.17) is 19.8 Å². The molecule has 232 valence electrons. The highest BCUT2D eigenvalue weighted by atomic mass is 16.6. The summed E-state index contributed by atoms with van der Waals surface area (Å²) in [5.74, 6) is -4.16. The molecule has 16 heteroatoms. The van der Waals surface area contributed by atoms with Gasteiger partial charge in [-0.2, -0.15) is 0 Å². The minimum Gasteiger partial charge on any atom is -0.473 e. The van der Waals surface area contributed by atoms with E-state index in [-0.39, 0.29) is 29.7 Å². The van der Waals surface area contributed by atoms with Gasteiger partial charge in [0.15, 0.2) is 0 Å². The first-order valence-corrected chi connectivity index (χ1v) is 13.4. The predicted molar refractivity (Wildman–Crippen MR) is 154 cm³/mol. The Morgan fingerprint density at radius 2 is 1.23 bits per heavy atom. The number of nitro benzene ring substituents is 2. The number of carboxylic acid groups (broad SMARTS) is 2. The van der Waals surface area contributed by atoms with Gasteiger partial charge in [0, 0.05) is 74.8 Å². The Hall–Kier alpha value is -5.12. The van der Waals surface area contributed by atoms with Gasteiger partial charge in [-0.25, -0.2) is 9.59 Å². The van der Waals surface area contributed by atoms with Crippen LogP contribution in [0.15, 0.2) is 48.5 Å². The van der Waals surface area contributed by atoms with Crippen LogP contribution in [0.25, 0.3) is 0 Å². The number of anilines is 1. The molecule has 43 heavy (non-hydrogen) atoms. The maximum absolute atomic E-state index is 13.3. The average molecular weight is 603 g/mol. The Morgan fingerprint density at radius 1 is 0.767 bits per heavy atom. The van der Waals surface area contributed by atoms with Crippen LogP contribution in [-0.2, 0) is 14.4 Å². The monoisotopic (exact) mass is 602 g/mol. The highest BCUT2D eigenvalue weighted by Crippen LogP contribution is 2.21. The molecule has 0 spiro atoms. The number of nitrogens with zero attached hydrogens (tertiary/aromatic N) is 6. The Bertz CT molecular complexity index is 1280.